The van der Waals surface area contributed by atoms with Crippen molar-refractivity contribution < 1.29 is 47.3 Å². The van der Waals surface area contributed by atoms with Crippen LogP contribution in [0.15, 0.2) is 0 Å². The molecule has 0 aromatic heterocycles. The van der Waals surface area contributed by atoms with Gasteiger partial charge in [-0.15, -0.1) is 0 Å². The second-order valence-corrected chi connectivity index (χ2v) is 8.02. The van der Waals surface area contributed by atoms with Crippen molar-refractivity contribution in [1.29, 1.82) is 0 Å². The monoisotopic (exact) mass is 477 g/mol. The summed E-state index contributed by atoms with van der Waals surface area (Å²) < 4.78 is 42.3. The average molecular weight is 478 g/mol. The first-order chi connectivity index (χ1) is 15.5. The first-order valence-corrected chi connectivity index (χ1v) is 11.2. The number of unbranched alkanes of at least 4 members (excludes halogenated alkanes) is 5. The molecule has 1 rings (SSSR count). The first kappa shape index (κ1) is 28.8. The summed E-state index contributed by atoms with van der Waals surface area (Å²) in [5, 5.41) is 2.53. The molecule has 11 heteroatoms. The van der Waals surface area contributed by atoms with Gasteiger partial charge in [0.05, 0.1) is 0 Å². The lowest BCUT2D eigenvalue weighted by Gasteiger charge is -2.47. The molecular weight excluding hydrogens is 441 g/mol. The van der Waals surface area contributed by atoms with Gasteiger partial charge in [0.15, 0.2) is 19.0 Å². The highest BCUT2D eigenvalue weighted by Gasteiger charge is 2.60. The summed E-state index contributed by atoms with van der Waals surface area (Å²) in [5.74, 6) is -5.91. The lowest BCUT2D eigenvalue weighted by Crippen LogP contribution is -2.70. The SMILES string of the molecule is CCCCCCCCO[C@@H]1O[C@](F)(COC(C)=O)[C@@H](OC(C)=O)[C@H](OC(C)=O)[C@H]1NC(C)=O. The van der Waals surface area contributed by atoms with E-state index in [1.807, 2.05) is 0 Å². The Kier molecular flexibility index (Phi) is 12.3. The minimum Gasteiger partial charge on any atom is -0.460 e. The van der Waals surface area contributed by atoms with Crippen molar-refractivity contribution in [3.05, 3.63) is 0 Å². The van der Waals surface area contributed by atoms with Crippen LogP contribution in [0.5, 0.6) is 0 Å². The fourth-order valence-electron chi connectivity index (χ4n) is 3.50. The minimum absolute atomic E-state index is 0.182. The molecule has 1 amide bonds. The van der Waals surface area contributed by atoms with E-state index in [4.69, 9.17) is 23.7 Å². The summed E-state index contributed by atoms with van der Waals surface area (Å²) in [6.45, 7) is 5.77. The molecule has 5 atom stereocenters. The second-order valence-electron chi connectivity index (χ2n) is 8.02. The third kappa shape index (κ3) is 10.0. The highest BCUT2D eigenvalue weighted by atomic mass is 19.2. The first-order valence-electron chi connectivity index (χ1n) is 11.2. The molecule has 0 saturated carbocycles. The molecule has 0 aromatic rings. The van der Waals surface area contributed by atoms with Gasteiger partial charge in [-0.1, -0.05) is 39.0 Å². The summed E-state index contributed by atoms with van der Waals surface area (Å²) in [6, 6.07) is -1.18. The molecule has 10 nitrogen and oxygen atoms in total. The molecule has 0 unspecified atom stereocenters. The van der Waals surface area contributed by atoms with Gasteiger partial charge in [0, 0.05) is 34.3 Å². The number of rotatable bonds is 13. The maximum Gasteiger partial charge on any atom is 0.303 e. The van der Waals surface area contributed by atoms with Gasteiger partial charge in [-0.05, 0) is 6.42 Å². The zero-order chi connectivity index (χ0) is 25.0. The highest BCUT2D eigenvalue weighted by Crippen LogP contribution is 2.36. The maximum atomic E-state index is 16.0. The quantitative estimate of drug-likeness (QED) is 0.241. The molecule has 0 aromatic carbocycles. The highest BCUT2D eigenvalue weighted by molar-refractivity contribution is 5.73. The third-order valence-electron chi connectivity index (χ3n) is 4.90. The number of esters is 3. The Morgan fingerprint density at radius 2 is 1.52 bits per heavy atom. The predicted octanol–water partition coefficient (Wildman–Crippen LogP) is 2.32. The molecular formula is C22H36FNO9. The smallest absolute Gasteiger partial charge is 0.303 e. The van der Waals surface area contributed by atoms with Crippen LogP contribution in [0.25, 0.3) is 0 Å². The molecule has 1 heterocycles. The van der Waals surface area contributed by atoms with Crippen molar-refractivity contribution in [2.45, 2.75) is 104 Å². The Labute approximate surface area is 193 Å². The number of amides is 1. The van der Waals surface area contributed by atoms with E-state index < -0.39 is 60.8 Å². The normalized spacial score (nSPS) is 26.8. The van der Waals surface area contributed by atoms with E-state index in [1.54, 1.807) is 0 Å². The molecule has 1 aliphatic heterocycles. The molecule has 190 valence electrons. The average Bonchev–Trinajstić information content (AvgIpc) is 2.70. The van der Waals surface area contributed by atoms with Crippen LogP contribution in [0.1, 0.15) is 73.1 Å². The Bertz CT molecular complexity index is 674. The number of ether oxygens (including phenoxy) is 5. The molecule has 1 aliphatic rings. The number of hydrogen-bond acceptors (Lipinski definition) is 9. The van der Waals surface area contributed by atoms with Gasteiger partial charge in [-0.3, -0.25) is 19.2 Å². The van der Waals surface area contributed by atoms with Gasteiger partial charge in [-0.2, -0.15) is 0 Å². The van der Waals surface area contributed by atoms with Crippen LogP contribution < -0.4 is 5.32 Å². The Morgan fingerprint density at radius 3 is 2.06 bits per heavy atom. The molecule has 0 spiro atoms. The van der Waals surface area contributed by atoms with E-state index in [9.17, 15) is 19.2 Å². The Balaban J connectivity index is 3.14. The summed E-state index contributed by atoms with van der Waals surface area (Å²) in [4.78, 5) is 46.6. The number of carbonyl (C=O) groups is 4. The zero-order valence-corrected chi connectivity index (χ0v) is 20.0. The second kappa shape index (κ2) is 14.1. The summed E-state index contributed by atoms with van der Waals surface area (Å²) >= 11 is 0. The van der Waals surface area contributed by atoms with Gasteiger partial charge >= 0.3 is 17.9 Å². The molecule has 1 fully saturated rings. The van der Waals surface area contributed by atoms with Gasteiger partial charge in [0.1, 0.15) is 6.04 Å². The van der Waals surface area contributed by atoms with Crippen molar-refractivity contribution in [3.63, 3.8) is 0 Å². The van der Waals surface area contributed by atoms with E-state index in [2.05, 4.69) is 12.2 Å². The molecule has 1 N–H and O–H groups in total. The number of halogens is 1. The zero-order valence-electron chi connectivity index (χ0n) is 20.0. The topological polar surface area (TPSA) is 126 Å². The van der Waals surface area contributed by atoms with Gasteiger partial charge in [0.2, 0.25) is 12.0 Å². The van der Waals surface area contributed by atoms with Crippen LogP contribution in [0.3, 0.4) is 0 Å². The van der Waals surface area contributed by atoms with Crippen LogP contribution in [0.4, 0.5) is 4.39 Å². The van der Waals surface area contributed by atoms with Crippen molar-refractivity contribution >= 4 is 23.8 Å². The maximum absolute atomic E-state index is 16.0. The summed E-state index contributed by atoms with van der Waals surface area (Å²) in [5.41, 5.74) is 0. The number of hydrogen-bond donors (Lipinski definition) is 1. The van der Waals surface area contributed by atoms with Gasteiger partial charge in [-0.25, -0.2) is 4.39 Å². The van der Waals surface area contributed by atoms with E-state index in [1.165, 1.54) is 6.92 Å². The molecule has 1 saturated heterocycles. The predicted molar refractivity (Wildman–Crippen MR) is 113 cm³/mol. The van der Waals surface area contributed by atoms with Crippen LogP contribution in [0, 0.1) is 0 Å². The fourth-order valence-corrected chi connectivity index (χ4v) is 3.50. The van der Waals surface area contributed by atoms with E-state index in [0.717, 1.165) is 52.9 Å². The fraction of sp³-hybridized carbons (Fsp3) is 0.818. The van der Waals surface area contributed by atoms with Crippen LogP contribution in [0.2, 0.25) is 0 Å². The van der Waals surface area contributed by atoms with Crippen LogP contribution in [-0.4, -0.2) is 67.4 Å². The van der Waals surface area contributed by atoms with Crippen molar-refractivity contribution in [2.75, 3.05) is 13.2 Å². The Hall–Kier alpha value is -2.27. The van der Waals surface area contributed by atoms with Crippen LogP contribution >= 0.6 is 0 Å². The van der Waals surface area contributed by atoms with Crippen molar-refractivity contribution in [2.24, 2.45) is 0 Å². The Morgan fingerprint density at radius 1 is 0.909 bits per heavy atom. The molecule has 0 bridgehead atoms. The third-order valence-corrected chi connectivity index (χ3v) is 4.90. The van der Waals surface area contributed by atoms with Crippen LogP contribution in [-0.2, 0) is 42.9 Å². The van der Waals surface area contributed by atoms with Crippen molar-refractivity contribution in [1.82, 2.24) is 5.32 Å². The summed E-state index contributed by atoms with van der Waals surface area (Å²) in [6.07, 6.45) is 1.18. The van der Waals surface area contributed by atoms with E-state index >= 15 is 4.39 Å². The number of alkyl halides is 1. The van der Waals surface area contributed by atoms with E-state index in [0.29, 0.717) is 6.42 Å². The van der Waals surface area contributed by atoms with Crippen molar-refractivity contribution in [3.8, 4) is 0 Å². The summed E-state index contributed by atoms with van der Waals surface area (Å²) in [7, 11) is 0. The largest absolute Gasteiger partial charge is 0.460 e. The number of nitrogens with one attached hydrogen (secondary N) is 1. The molecule has 0 radical (unpaired) electrons. The lowest BCUT2D eigenvalue weighted by atomic mass is 9.94. The number of carbonyl (C=O) groups excluding carboxylic acids is 4. The lowest BCUT2D eigenvalue weighted by molar-refractivity contribution is -0.356. The van der Waals surface area contributed by atoms with E-state index in [-0.39, 0.29) is 6.61 Å². The van der Waals surface area contributed by atoms with Gasteiger partial charge < -0.3 is 29.0 Å². The minimum atomic E-state index is -2.89. The molecule has 0 aliphatic carbocycles. The molecule has 33 heavy (non-hydrogen) atoms. The standard InChI is InChI=1S/C22H36FNO9/c1-6-7-8-9-10-11-12-29-21-18(24-14(2)25)19(31-16(4)27)20(32-17(5)28)22(23,33-21)13-30-15(3)26/h18-21H,6-13H2,1-5H3,(H,24,25)/t18-,19-,20+,21-,22-/m1/s1. The van der Waals surface area contributed by atoms with Gasteiger partial charge in [0.25, 0.3) is 5.85 Å².